The zero-order valence-electron chi connectivity index (χ0n) is 9.89. The van der Waals surface area contributed by atoms with Gasteiger partial charge in [0.2, 0.25) is 0 Å². The van der Waals surface area contributed by atoms with E-state index in [2.05, 4.69) is 36.4 Å². The van der Waals surface area contributed by atoms with Crippen molar-refractivity contribution in [2.75, 3.05) is 20.5 Å². The summed E-state index contributed by atoms with van der Waals surface area (Å²) in [6.45, 7) is 1.19. The Labute approximate surface area is 97.9 Å². The zero-order chi connectivity index (χ0) is 11.5. The minimum absolute atomic E-state index is 0.403. The van der Waals surface area contributed by atoms with Crippen LogP contribution in [0.4, 0.5) is 0 Å². The van der Waals surface area contributed by atoms with Crippen molar-refractivity contribution >= 4 is 6.08 Å². The number of ether oxygens (including phenoxy) is 2. The normalized spacial score (nSPS) is 11.1. The molecule has 0 heterocycles. The molecular formula is C14H20O2. The Morgan fingerprint density at radius 1 is 1.12 bits per heavy atom. The zero-order valence-corrected chi connectivity index (χ0v) is 9.89. The minimum atomic E-state index is 0.403. The third kappa shape index (κ3) is 6.38. The van der Waals surface area contributed by atoms with E-state index in [1.165, 1.54) is 5.56 Å². The standard InChI is InChI=1S/C14H20O2/c1-15-13-16-12-8-3-2-5-9-14-10-6-4-7-11-14/h4-7,9-11H,2-3,8,12-13H2,1H3/b9-5+. The van der Waals surface area contributed by atoms with Gasteiger partial charge < -0.3 is 9.47 Å². The summed E-state index contributed by atoms with van der Waals surface area (Å²) < 4.78 is 9.99. The SMILES string of the molecule is COCOCCCC/C=C/c1ccccc1. The second-order valence-corrected chi connectivity index (χ2v) is 3.62. The molecule has 0 aliphatic heterocycles. The molecule has 0 aromatic heterocycles. The highest BCUT2D eigenvalue weighted by Crippen LogP contribution is 2.04. The van der Waals surface area contributed by atoms with Crippen LogP contribution in [0.5, 0.6) is 0 Å². The number of hydrogen-bond donors (Lipinski definition) is 0. The highest BCUT2D eigenvalue weighted by molar-refractivity contribution is 5.48. The van der Waals surface area contributed by atoms with Crippen LogP contribution < -0.4 is 0 Å². The number of methoxy groups -OCH3 is 1. The van der Waals surface area contributed by atoms with E-state index in [0.717, 1.165) is 25.9 Å². The third-order valence-corrected chi connectivity index (χ3v) is 2.22. The lowest BCUT2D eigenvalue weighted by molar-refractivity contribution is -0.0314. The smallest absolute Gasteiger partial charge is 0.146 e. The molecule has 0 saturated carbocycles. The summed E-state index contributed by atoms with van der Waals surface area (Å²) in [4.78, 5) is 0. The van der Waals surface area contributed by atoms with Gasteiger partial charge in [0.05, 0.1) is 0 Å². The Morgan fingerprint density at radius 2 is 1.94 bits per heavy atom. The van der Waals surface area contributed by atoms with Gasteiger partial charge >= 0.3 is 0 Å². The van der Waals surface area contributed by atoms with Crippen LogP contribution >= 0.6 is 0 Å². The van der Waals surface area contributed by atoms with E-state index >= 15 is 0 Å². The minimum Gasteiger partial charge on any atom is -0.359 e. The number of hydrogen-bond acceptors (Lipinski definition) is 2. The molecule has 1 aromatic rings. The lowest BCUT2D eigenvalue weighted by Crippen LogP contribution is -1.97. The van der Waals surface area contributed by atoms with Crippen molar-refractivity contribution in [2.24, 2.45) is 0 Å². The number of unbranched alkanes of at least 4 members (excludes halogenated alkanes) is 2. The largest absolute Gasteiger partial charge is 0.359 e. The third-order valence-electron chi connectivity index (χ3n) is 2.22. The Kier molecular flexibility index (Phi) is 7.39. The van der Waals surface area contributed by atoms with Crippen molar-refractivity contribution in [3.8, 4) is 0 Å². The van der Waals surface area contributed by atoms with Gasteiger partial charge in [-0.25, -0.2) is 0 Å². The predicted octanol–water partition coefficient (Wildman–Crippen LogP) is 3.49. The Morgan fingerprint density at radius 3 is 2.69 bits per heavy atom. The summed E-state index contributed by atoms with van der Waals surface area (Å²) in [5, 5.41) is 0. The van der Waals surface area contributed by atoms with Crippen molar-refractivity contribution in [1.29, 1.82) is 0 Å². The number of benzene rings is 1. The Balaban J connectivity index is 2.01. The van der Waals surface area contributed by atoms with Crippen LogP contribution in [0.3, 0.4) is 0 Å². The molecule has 0 atom stereocenters. The quantitative estimate of drug-likeness (QED) is 0.493. The van der Waals surface area contributed by atoms with Crippen LogP contribution in [0.1, 0.15) is 24.8 Å². The topological polar surface area (TPSA) is 18.5 Å². The van der Waals surface area contributed by atoms with Crippen LogP contribution in [0, 0.1) is 0 Å². The van der Waals surface area contributed by atoms with Crippen LogP contribution in [0.2, 0.25) is 0 Å². The first-order chi connectivity index (χ1) is 7.93. The first kappa shape index (κ1) is 12.9. The lowest BCUT2D eigenvalue weighted by Gasteiger charge is -2.00. The Bertz CT molecular complexity index is 280. The predicted molar refractivity (Wildman–Crippen MR) is 67.2 cm³/mol. The average molecular weight is 220 g/mol. The molecule has 16 heavy (non-hydrogen) atoms. The van der Waals surface area contributed by atoms with Crippen LogP contribution in [-0.4, -0.2) is 20.5 Å². The molecule has 2 heteroatoms. The van der Waals surface area contributed by atoms with Gasteiger partial charge in [0.25, 0.3) is 0 Å². The lowest BCUT2D eigenvalue weighted by atomic mass is 10.2. The van der Waals surface area contributed by atoms with Gasteiger partial charge in [0.1, 0.15) is 6.79 Å². The molecule has 0 fully saturated rings. The molecule has 0 amide bonds. The molecule has 2 nitrogen and oxygen atoms in total. The molecule has 1 rings (SSSR count). The second-order valence-electron chi connectivity index (χ2n) is 3.62. The van der Waals surface area contributed by atoms with Crippen molar-refractivity contribution in [1.82, 2.24) is 0 Å². The van der Waals surface area contributed by atoms with Gasteiger partial charge in [-0.3, -0.25) is 0 Å². The van der Waals surface area contributed by atoms with Crippen molar-refractivity contribution in [2.45, 2.75) is 19.3 Å². The van der Waals surface area contributed by atoms with Crippen molar-refractivity contribution in [3.63, 3.8) is 0 Å². The van der Waals surface area contributed by atoms with Crippen molar-refractivity contribution in [3.05, 3.63) is 42.0 Å². The molecule has 0 bridgehead atoms. The molecule has 1 aromatic carbocycles. The molecule has 0 unspecified atom stereocenters. The number of rotatable bonds is 8. The fourth-order valence-electron chi connectivity index (χ4n) is 1.39. The fraction of sp³-hybridized carbons (Fsp3) is 0.429. The van der Waals surface area contributed by atoms with E-state index < -0.39 is 0 Å². The molecule has 88 valence electrons. The first-order valence-corrected chi connectivity index (χ1v) is 5.72. The maximum Gasteiger partial charge on any atom is 0.146 e. The summed E-state index contributed by atoms with van der Waals surface area (Å²) >= 11 is 0. The maximum atomic E-state index is 5.20. The summed E-state index contributed by atoms with van der Waals surface area (Å²) in [7, 11) is 1.64. The van der Waals surface area contributed by atoms with E-state index in [-0.39, 0.29) is 0 Å². The van der Waals surface area contributed by atoms with Crippen LogP contribution in [-0.2, 0) is 9.47 Å². The highest BCUT2D eigenvalue weighted by Gasteiger charge is 1.87. The Hall–Kier alpha value is -1.12. The summed E-state index contributed by atoms with van der Waals surface area (Å²) in [6.07, 6.45) is 7.72. The van der Waals surface area contributed by atoms with E-state index in [1.54, 1.807) is 7.11 Å². The molecule has 0 aliphatic carbocycles. The fourth-order valence-corrected chi connectivity index (χ4v) is 1.39. The van der Waals surface area contributed by atoms with E-state index in [0.29, 0.717) is 6.79 Å². The van der Waals surface area contributed by atoms with Gasteiger partial charge in [0, 0.05) is 13.7 Å². The molecule has 0 saturated heterocycles. The summed E-state index contributed by atoms with van der Waals surface area (Å²) in [5.41, 5.74) is 1.26. The van der Waals surface area contributed by atoms with E-state index in [1.807, 2.05) is 6.07 Å². The summed E-state index contributed by atoms with van der Waals surface area (Å²) in [6, 6.07) is 10.4. The van der Waals surface area contributed by atoms with Gasteiger partial charge in [-0.1, -0.05) is 42.5 Å². The van der Waals surface area contributed by atoms with Gasteiger partial charge in [-0.15, -0.1) is 0 Å². The molecule has 0 N–H and O–H groups in total. The number of allylic oxidation sites excluding steroid dienone is 1. The maximum absolute atomic E-state index is 5.20. The van der Waals surface area contributed by atoms with E-state index in [9.17, 15) is 0 Å². The molecule has 0 aliphatic rings. The monoisotopic (exact) mass is 220 g/mol. The van der Waals surface area contributed by atoms with Gasteiger partial charge in [-0.05, 0) is 24.8 Å². The second kappa shape index (κ2) is 9.13. The van der Waals surface area contributed by atoms with Crippen molar-refractivity contribution < 1.29 is 9.47 Å². The van der Waals surface area contributed by atoms with Crippen LogP contribution in [0.25, 0.3) is 6.08 Å². The van der Waals surface area contributed by atoms with Gasteiger partial charge in [0.15, 0.2) is 0 Å². The summed E-state index contributed by atoms with van der Waals surface area (Å²) in [5.74, 6) is 0. The van der Waals surface area contributed by atoms with E-state index in [4.69, 9.17) is 9.47 Å². The molecule has 0 spiro atoms. The average Bonchev–Trinajstić information content (AvgIpc) is 2.34. The first-order valence-electron chi connectivity index (χ1n) is 5.72. The molecular weight excluding hydrogens is 200 g/mol. The van der Waals surface area contributed by atoms with Gasteiger partial charge in [-0.2, -0.15) is 0 Å². The molecule has 0 radical (unpaired) electrons. The highest BCUT2D eigenvalue weighted by atomic mass is 16.7. The van der Waals surface area contributed by atoms with Crippen LogP contribution in [0.15, 0.2) is 36.4 Å².